The van der Waals surface area contributed by atoms with Crippen LogP contribution in [0.4, 0.5) is 0 Å². The molecule has 4 nitrogen and oxygen atoms in total. The van der Waals surface area contributed by atoms with Crippen LogP contribution in [0.25, 0.3) is 11.0 Å². The Labute approximate surface area is 111 Å². The summed E-state index contributed by atoms with van der Waals surface area (Å²) in [6, 6.07) is 5.50. The minimum Gasteiger partial charge on any atom is -0.493 e. The zero-order chi connectivity index (χ0) is 13.5. The summed E-state index contributed by atoms with van der Waals surface area (Å²) in [5, 5.41) is 10.5. The normalized spacial score (nSPS) is 17.7. The molecule has 1 heterocycles. The summed E-state index contributed by atoms with van der Waals surface area (Å²) in [7, 11) is 1.58. The molecule has 0 bridgehead atoms. The van der Waals surface area contributed by atoms with Crippen LogP contribution < -0.4 is 4.74 Å². The molecule has 1 saturated carbocycles. The molecule has 1 aromatic heterocycles. The number of methoxy groups -OCH3 is 1. The number of benzene rings is 1. The van der Waals surface area contributed by atoms with Crippen molar-refractivity contribution in [3.63, 3.8) is 0 Å². The molecule has 1 fully saturated rings. The summed E-state index contributed by atoms with van der Waals surface area (Å²) in [6.07, 6.45) is 4.88. The fraction of sp³-hybridized carbons (Fsp3) is 0.400. The van der Waals surface area contributed by atoms with Crippen molar-refractivity contribution in [1.29, 1.82) is 0 Å². The van der Waals surface area contributed by atoms with Crippen molar-refractivity contribution < 1.29 is 19.1 Å². The van der Waals surface area contributed by atoms with Gasteiger partial charge in [0.15, 0.2) is 11.3 Å². The van der Waals surface area contributed by atoms with E-state index < -0.39 is 11.4 Å². The summed E-state index contributed by atoms with van der Waals surface area (Å²) in [5.41, 5.74) is 0.712. The van der Waals surface area contributed by atoms with Crippen LogP contribution >= 0.6 is 0 Å². The molecule has 0 spiro atoms. The van der Waals surface area contributed by atoms with E-state index in [4.69, 9.17) is 9.15 Å². The molecule has 1 aliphatic rings. The van der Waals surface area contributed by atoms with Crippen LogP contribution in [0.1, 0.15) is 31.2 Å². The van der Waals surface area contributed by atoms with Gasteiger partial charge in [0.25, 0.3) is 0 Å². The Morgan fingerprint density at radius 2 is 2.05 bits per heavy atom. The smallest absolute Gasteiger partial charge is 0.314 e. The van der Waals surface area contributed by atoms with Gasteiger partial charge >= 0.3 is 5.97 Å². The average molecular weight is 260 g/mol. The van der Waals surface area contributed by atoms with Gasteiger partial charge in [-0.25, -0.2) is 0 Å². The Morgan fingerprint density at radius 1 is 1.32 bits per heavy atom. The van der Waals surface area contributed by atoms with E-state index in [1.54, 1.807) is 19.4 Å². The Bertz CT molecular complexity index is 620. The second-order valence-electron chi connectivity index (χ2n) is 5.07. The molecular formula is C15H16O4. The van der Waals surface area contributed by atoms with Gasteiger partial charge in [-0.1, -0.05) is 18.9 Å². The Balaban J connectivity index is 2.25. The van der Waals surface area contributed by atoms with Crippen molar-refractivity contribution in [3.8, 4) is 5.75 Å². The number of carbonyl (C=O) groups is 1. The predicted molar refractivity (Wildman–Crippen MR) is 70.5 cm³/mol. The van der Waals surface area contributed by atoms with E-state index in [9.17, 15) is 9.90 Å². The second-order valence-corrected chi connectivity index (χ2v) is 5.07. The number of fused-ring (bicyclic) bond motifs is 1. The van der Waals surface area contributed by atoms with Gasteiger partial charge in [-0.05, 0) is 30.5 Å². The molecule has 0 unspecified atom stereocenters. The molecule has 2 aromatic rings. The fourth-order valence-electron chi connectivity index (χ4n) is 3.19. The van der Waals surface area contributed by atoms with Crippen molar-refractivity contribution in [2.24, 2.45) is 0 Å². The number of carboxylic acids is 1. The van der Waals surface area contributed by atoms with Crippen LogP contribution in [-0.4, -0.2) is 18.2 Å². The number of furan rings is 1. The van der Waals surface area contributed by atoms with Crippen molar-refractivity contribution in [2.45, 2.75) is 31.1 Å². The van der Waals surface area contributed by atoms with Gasteiger partial charge in [-0.3, -0.25) is 4.79 Å². The topological polar surface area (TPSA) is 59.7 Å². The number of hydrogen-bond acceptors (Lipinski definition) is 3. The first-order chi connectivity index (χ1) is 9.19. The fourth-order valence-corrected chi connectivity index (χ4v) is 3.19. The summed E-state index contributed by atoms with van der Waals surface area (Å²) in [4.78, 5) is 11.8. The Morgan fingerprint density at radius 3 is 2.68 bits per heavy atom. The Kier molecular flexibility index (Phi) is 2.73. The van der Waals surface area contributed by atoms with E-state index >= 15 is 0 Å². The van der Waals surface area contributed by atoms with Crippen LogP contribution in [0.3, 0.4) is 0 Å². The maximum atomic E-state index is 11.8. The van der Waals surface area contributed by atoms with Crippen molar-refractivity contribution in [3.05, 3.63) is 30.0 Å². The van der Waals surface area contributed by atoms with Crippen LogP contribution in [0.2, 0.25) is 0 Å². The van der Waals surface area contributed by atoms with E-state index in [2.05, 4.69) is 0 Å². The van der Waals surface area contributed by atoms with Crippen LogP contribution in [-0.2, 0) is 10.2 Å². The third-order valence-corrected chi connectivity index (χ3v) is 4.18. The highest BCUT2D eigenvalue weighted by molar-refractivity contribution is 5.93. The van der Waals surface area contributed by atoms with Gasteiger partial charge in [0.2, 0.25) is 0 Å². The van der Waals surface area contributed by atoms with E-state index in [-0.39, 0.29) is 0 Å². The molecule has 0 amide bonds. The monoisotopic (exact) mass is 260 g/mol. The molecule has 19 heavy (non-hydrogen) atoms. The highest BCUT2D eigenvalue weighted by atomic mass is 16.5. The zero-order valence-corrected chi connectivity index (χ0v) is 10.8. The predicted octanol–water partition coefficient (Wildman–Crippen LogP) is 3.34. The second kappa shape index (κ2) is 4.30. The van der Waals surface area contributed by atoms with Gasteiger partial charge in [0.05, 0.1) is 18.8 Å². The SMILES string of the molecule is COc1ccc(C2(C(=O)O)CCCC2)c2ccoc12. The summed E-state index contributed by atoms with van der Waals surface area (Å²) >= 11 is 0. The van der Waals surface area contributed by atoms with Gasteiger partial charge in [0, 0.05) is 5.39 Å². The molecule has 3 rings (SSSR count). The quantitative estimate of drug-likeness (QED) is 0.919. The highest BCUT2D eigenvalue weighted by Gasteiger charge is 2.44. The van der Waals surface area contributed by atoms with Crippen molar-refractivity contribution in [1.82, 2.24) is 0 Å². The number of hydrogen-bond donors (Lipinski definition) is 1. The maximum absolute atomic E-state index is 11.8. The van der Waals surface area contributed by atoms with Gasteiger partial charge in [-0.15, -0.1) is 0 Å². The van der Waals surface area contributed by atoms with E-state index in [0.717, 1.165) is 23.8 Å². The lowest BCUT2D eigenvalue weighted by atomic mass is 9.77. The van der Waals surface area contributed by atoms with Crippen LogP contribution in [0.15, 0.2) is 28.9 Å². The molecular weight excluding hydrogens is 244 g/mol. The van der Waals surface area contributed by atoms with Crippen molar-refractivity contribution in [2.75, 3.05) is 7.11 Å². The molecule has 4 heteroatoms. The first-order valence-electron chi connectivity index (χ1n) is 6.47. The van der Waals surface area contributed by atoms with Crippen molar-refractivity contribution >= 4 is 16.9 Å². The lowest BCUT2D eigenvalue weighted by Gasteiger charge is -2.25. The molecule has 0 aliphatic heterocycles. The first-order valence-corrected chi connectivity index (χ1v) is 6.47. The summed E-state index contributed by atoms with van der Waals surface area (Å²) < 4.78 is 10.7. The minimum atomic E-state index is -0.769. The number of aliphatic carboxylic acids is 1. The molecule has 1 N–H and O–H groups in total. The van der Waals surface area contributed by atoms with Gasteiger partial charge in [0.1, 0.15) is 0 Å². The third-order valence-electron chi connectivity index (χ3n) is 4.18. The van der Waals surface area contributed by atoms with E-state index in [0.29, 0.717) is 24.2 Å². The third kappa shape index (κ3) is 1.63. The molecule has 1 aliphatic carbocycles. The summed E-state index contributed by atoms with van der Waals surface area (Å²) in [5.74, 6) is -0.0973. The van der Waals surface area contributed by atoms with Gasteiger partial charge in [-0.2, -0.15) is 0 Å². The summed E-state index contributed by atoms with van der Waals surface area (Å²) in [6.45, 7) is 0. The average Bonchev–Trinajstić information content (AvgIpc) is 3.07. The molecule has 0 atom stereocenters. The minimum absolute atomic E-state index is 0.632. The molecule has 0 saturated heterocycles. The number of carboxylic acid groups (broad SMARTS) is 1. The zero-order valence-electron chi connectivity index (χ0n) is 10.8. The largest absolute Gasteiger partial charge is 0.493 e. The number of ether oxygens (including phenoxy) is 1. The molecule has 1 aromatic carbocycles. The van der Waals surface area contributed by atoms with E-state index in [1.165, 1.54) is 0 Å². The molecule has 0 radical (unpaired) electrons. The van der Waals surface area contributed by atoms with Crippen LogP contribution in [0, 0.1) is 0 Å². The first kappa shape index (κ1) is 12.1. The molecule has 100 valence electrons. The number of rotatable bonds is 3. The highest BCUT2D eigenvalue weighted by Crippen LogP contribution is 2.45. The van der Waals surface area contributed by atoms with Crippen LogP contribution in [0.5, 0.6) is 5.75 Å². The van der Waals surface area contributed by atoms with Gasteiger partial charge < -0.3 is 14.3 Å². The lowest BCUT2D eigenvalue weighted by molar-refractivity contribution is -0.143. The maximum Gasteiger partial charge on any atom is 0.314 e. The Hall–Kier alpha value is -1.97. The lowest BCUT2D eigenvalue weighted by Crippen LogP contribution is -2.32. The standard InChI is InChI=1S/C15H16O4/c1-18-12-5-4-11(10-6-9-19-13(10)12)15(14(16)17)7-2-3-8-15/h4-6,9H,2-3,7-8H2,1H3,(H,16,17). The van der Waals surface area contributed by atoms with E-state index in [1.807, 2.05) is 12.1 Å².